The summed E-state index contributed by atoms with van der Waals surface area (Å²) < 4.78 is 19.7. The van der Waals surface area contributed by atoms with Crippen LogP contribution in [0.3, 0.4) is 0 Å². The molecule has 0 saturated heterocycles. The van der Waals surface area contributed by atoms with E-state index in [0.717, 1.165) is 17.0 Å². The van der Waals surface area contributed by atoms with E-state index in [-0.39, 0.29) is 11.9 Å². The van der Waals surface area contributed by atoms with E-state index in [1.807, 2.05) is 0 Å². The summed E-state index contributed by atoms with van der Waals surface area (Å²) in [6.45, 7) is 2.05. The number of carbonyl (C=O) groups excluding carboxylic acids is 2. The van der Waals surface area contributed by atoms with E-state index in [4.69, 9.17) is 4.74 Å². The first-order valence-corrected chi connectivity index (χ1v) is 9.20. The third-order valence-electron chi connectivity index (χ3n) is 3.86. The highest BCUT2D eigenvalue weighted by Crippen LogP contribution is 2.36. The van der Waals surface area contributed by atoms with Crippen LogP contribution >= 0.6 is 11.8 Å². The fourth-order valence-corrected chi connectivity index (χ4v) is 3.69. The SMILES string of the molecule is COC[C@H](C)NC(=O)C(=O)Nc1c2c(nn1-c1ccc(F)cc1)CSC2. The van der Waals surface area contributed by atoms with Crippen LogP contribution in [0.15, 0.2) is 24.3 Å². The van der Waals surface area contributed by atoms with Crippen molar-refractivity contribution in [3.63, 3.8) is 0 Å². The fourth-order valence-electron chi connectivity index (χ4n) is 2.66. The number of ether oxygens (including phenoxy) is 1. The Morgan fingerprint density at radius 1 is 1.31 bits per heavy atom. The third kappa shape index (κ3) is 3.88. The average molecular weight is 378 g/mol. The molecule has 0 fully saturated rings. The summed E-state index contributed by atoms with van der Waals surface area (Å²) in [5.74, 6) is -0.0360. The molecule has 1 aromatic heterocycles. The molecule has 0 bridgehead atoms. The van der Waals surface area contributed by atoms with Gasteiger partial charge >= 0.3 is 11.8 Å². The van der Waals surface area contributed by atoms with Gasteiger partial charge in [-0.25, -0.2) is 9.07 Å². The van der Waals surface area contributed by atoms with Gasteiger partial charge in [-0.05, 0) is 31.2 Å². The Morgan fingerprint density at radius 2 is 2.04 bits per heavy atom. The number of nitrogens with zero attached hydrogens (tertiary/aromatic N) is 2. The highest BCUT2D eigenvalue weighted by molar-refractivity contribution is 7.98. The van der Waals surface area contributed by atoms with Crippen molar-refractivity contribution >= 4 is 29.4 Å². The number of hydrogen-bond acceptors (Lipinski definition) is 5. The standard InChI is InChI=1S/C17H19FN4O3S/c1-10(7-25-2)19-16(23)17(24)20-15-13-8-26-9-14(13)21-22(15)12-5-3-11(18)4-6-12/h3-6,10H,7-9H2,1-2H3,(H,19,23)(H,20,24)/t10-/m0/s1. The lowest BCUT2D eigenvalue weighted by Crippen LogP contribution is -2.42. The van der Waals surface area contributed by atoms with Gasteiger partial charge in [-0.2, -0.15) is 16.9 Å². The molecule has 1 aromatic carbocycles. The molecule has 9 heteroatoms. The molecular formula is C17H19FN4O3S. The highest BCUT2D eigenvalue weighted by atomic mass is 32.2. The largest absolute Gasteiger partial charge is 0.383 e. The van der Waals surface area contributed by atoms with Crippen LogP contribution in [0.4, 0.5) is 10.2 Å². The van der Waals surface area contributed by atoms with Crippen LogP contribution in [0.2, 0.25) is 0 Å². The molecule has 0 spiro atoms. The zero-order valence-electron chi connectivity index (χ0n) is 14.4. The molecule has 0 unspecified atom stereocenters. The summed E-state index contributed by atoms with van der Waals surface area (Å²) in [6, 6.07) is 5.49. The first-order chi connectivity index (χ1) is 12.5. The number of aromatic nitrogens is 2. The van der Waals surface area contributed by atoms with Gasteiger partial charge in [0.25, 0.3) is 0 Å². The Labute approximate surface area is 154 Å². The maximum absolute atomic E-state index is 13.2. The van der Waals surface area contributed by atoms with Crippen molar-refractivity contribution in [3.05, 3.63) is 41.3 Å². The quantitative estimate of drug-likeness (QED) is 0.776. The molecule has 0 saturated carbocycles. The molecule has 1 aliphatic heterocycles. The predicted molar refractivity (Wildman–Crippen MR) is 96.6 cm³/mol. The molecule has 3 rings (SSSR count). The molecule has 0 radical (unpaired) electrons. The van der Waals surface area contributed by atoms with E-state index in [1.165, 1.54) is 23.9 Å². The number of carbonyl (C=O) groups is 2. The van der Waals surface area contributed by atoms with E-state index in [9.17, 15) is 14.0 Å². The summed E-state index contributed by atoms with van der Waals surface area (Å²) in [5.41, 5.74) is 2.34. The number of hydrogen-bond donors (Lipinski definition) is 2. The summed E-state index contributed by atoms with van der Waals surface area (Å²) >= 11 is 1.68. The summed E-state index contributed by atoms with van der Waals surface area (Å²) in [7, 11) is 1.52. The molecule has 0 aliphatic carbocycles. The fraction of sp³-hybridized carbons (Fsp3) is 0.353. The van der Waals surface area contributed by atoms with Crippen molar-refractivity contribution in [3.8, 4) is 5.69 Å². The van der Waals surface area contributed by atoms with Crippen molar-refractivity contribution in [2.45, 2.75) is 24.5 Å². The number of methoxy groups -OCH3 is 1. The number of benzene rings is 1. The summed E-state index contributed by atoms with van der Waals surface area (Å²) in [4.78, 5) is 24.4. The molecule has 138 valence electrons. The molecule has 1 atom stereocenters. The van der Waals surface area contributed by atoms with Crippen molar-refractivity contribution in [2.24, 2.45) is 0 Å². The normalized spacial score (nSPS) is 14.0. The number of fused-ring (bicyclic) bond motifs is 1. The number of rotatable bonds is 5. The zero-order valence-corrected chi connectivity index (χ0v) is 15.2. The zero-order chi connectivity index (χ0) is 18.7. The van der Waals surface area contributed by atoms with E-state index in [1.54, 1.807) is 30.8 Å². The van der Waals surface area contributed by atoms with E-state index < -0.39 is 11.8 Å². The summed E-state index contributed by atoms with van der Waals surface area (Å²) in [6.07, 6.45) is 0. The molecule has 2 N–H and O–H groups in total. The van der Waals surface area contributed by atoms with Crippen LogP contribution in [0.1, 0.15) is 18.2 Å². The van der Waals surface area contributed by atoms with Crippen molar-refractivity contribution in [1.82, 2.24) is 15.1 Å². The van der Waals surface area contributed by atoms with E-state index in [0.29, 0.717) is 23.9 Å². The highest BCUT2D eigenvalue weighted by Gasteiger charge is 2.26. The van der Waals surface area contributed by atoms with Crippen LogP contribution in [0, 0.1) is 5.82 Å². The Bertz CT molecular complexity index is 822. The van der Waals surface area contributed by atoms with E-state index in [2.05, 4.69) is 15.7 Å². The number of thioether (sulfide) groups is 1. The predicted octanol–water partition coefficient (Wildman–Crippen LogP) is 1.85. The molecule has 2 amide bonds. The van der Waals surface area contributed by atoms with Gasteiger partial charge in [0.15, 0.2) is 0 Å². The van der Waals surface area contributed by atoms with Gasteiger partial charge in [-0.1, -0.05) is 0 Å². The number of amides is 2. The Hall–Kier alpha value is -2.39. The van der Waals surface area contributed by atoms with Gasteiger partial charge in [0, 0.05) is 30.2 Å². The second kappa shape index (κ2) is 7.88. The van der Waals surface area contributed by atoms with Crippen LogP contribution in [-0.4, -0.2) is 41.4 Å². The molecule has 2 heterocycles. The molecular weight excluding hydrogens is 359 g/mol. The smallest absolute Gasteiger partial charge is 0.314 e. The maximum atomic E-state index is 13.2. The van der Waals surface area contributed by atoms with E-state index >= 15 is 0 Å². The second-order valence-electron chi connectivity index (χ2n) is 5.94. The summed E-state index contributed by atoms with van der Waals surface area (Å²) in [5, 5.41) is 9.72. The average Bonchev–Trinajstić information content (AvgIpc) is 3.18. The van der Waals surface area contributed by atoms with Crippen LogP contribution in [0.5, 0.6) is 0 Å². The van der Waals surface area contributed by atoms with Gasteiger partial charge in [0.05, 0.1) is 18.0 Å². The van der Waals surface area contributed by atoms with Gasteiger partial charge < -0.3 is 15.4 Å². The minimum atomic E-state index is -0.782. The van der Waals surface area contributed by atoms with Gasteiger partial charge in [0.1, 0.15) is 11.6 Å². The molecule has 26 heavy (non-hydrogen) atoms. The topological polar surface area (TPSA) is 85.2 Å². The Morgan fingerprint density at radius 3 is 2.73 bits per heavy atom. The first kappa shape index (κ1) is 18.4. The second-order valence-corrected chi connectivity index (χ2v) is 6.92. The Kier molecular flexibility index (Phi) is 5.58. The van der Waals surface area contributed by atoms with Crippen molar-refractivity contribution < 1.29 is 18.7 Å². The van der Waals surface area contributed by atoms with Crippen LogP contribution in [0.25, 0.3) is 5.69 Å². The van der Waals surface area contributed by atoms with Crippen molar-refractivity contribution in [1.29, 1.82) is 0 Å². The third-order valence-corrected chi connectivity index (χ3v) is 4.83. The Balaban J connectivity index is 1.84. The number of anilines is 1. The van der Waals surface area contributed by atoms with Gasteiger partial charge in [-0.15, -0.1) is 0 Å². The first-order valence-electron chi connectivity index (χ1n) is 8.05. The van der Waals surface area contributed by atoms with Crippen LogP contribution < -0.4 is 10.6 Å². The lowest BCUT2D eigenvalue weighted by atomic mass is 10.2. The van der Waals surface area contributed by atoms with Crippen molar-refractivity contribution in [2.75, 3.05) is 19.0 Å². The number of halogens is 1. The minimum absolute atomic E-state index is 0.290. The number of nitrogens with one attached hydrogen (secondary N) is 2. The molecule has 2 aromatic rings. The molecule has 1 aliphatic rings. The monoisotopic (exact) mass is 378 g/mol. The van der Waals surface area contributed by atoms with Gasteiger partial charge in [-0.3, -0.25) is 9.59 Å². The minimum Gasteiger partial charge on any atom is -0.383 e. The molecule has 7 nitrogen and oxygen atoms in total. The van der Waals surface area contributed by atoms with Crippen LogP contribution in [-0.2, 0) is 25.8 Å². The lowest BCUT2D eigenvalue weighted by Gasteiger charge is -2.14. The van der Waals surface area contributed by atoms with Gasteiger partial charge in [0.2, 0.25) is 0 Å². The maximum Gasteiger partial charge on any atom is 0.314 e. The lowest BCUT2D eigenvalue weighted by molar-refractivity contribution is -0.136.